The summed E-state index contributed by atoms with van der Waals surface area (Å²) >= 11 is 5.96. The molecule has 0 heterocycles. The topological polar surface area (TPSA) is 66.4 Å². The summed E-state index contributed by atoms with van der Waals surface area (Å²) in [6.45, 7) is 3.69. The molecule has 1 aromatic carbocycles. The van der Waals surface area contributed by atoms with E-state index in [-0.39, 0.29) is 18.2 Å². The van der Waals surface area contributed by atoms with Gasteiger partial charge >= 0.3 is 5.97 Å². The van der Waals surface area contributed by atoms with Gasteiger partial charge in [-0.05, 0) is 17.5 Å². The number of aliphatic carboxylic acids is 1. The summed E-state index contributed by atoms with van der Waals surface area (Å²) in [6.07, 6.45) is 0.767. The van der Waals surface area contributed by atoms with Gasteiger partial charge in [-0.25, -0.2) is 4.79 Å². The van der Waals surface area contributed by atoms with Gasteiger partial charge in [0, 0.05) is 5.02 Å². The summed E-state index contributed by atoms with van der Waals surface area (Å²) in [5.74, 6) is -1.46. The van der Waals surface area contributed by atoms with Crippen LogP contribution in [0.4, 0.5) is 0 Å². The lowest BCUT2D eigenvalue weighted by atomic mass is 9.99. The van der Waals surface area contributed by atoms with Crippen LogP contribution in [0, 0.1) is 5.92 Å². The van der Waals surface area contributed by atoms with Gasteiger partial charge in [-0.15, -0.1) is 0 Å². The molecule has 0 fully saturated rings. The van der Waals surface area contributed by atoms with E-state index in [1.807, 2.05) is 6.92 Å². The molecule has 0 aliphatic carbocycles. The fraction of sp³-hybridized carbons (Fsp3) is 0.429. The quantitative estimate of drug-likeness (QED) is 0.843. The Morgan fingerprint density at radius 2 is 2.00 bits per heavy atom. The average Bonchev–Trinajstić information content (AvgIpc) is 2.37. The molecule has 2 N–H and O–H groups in total. The van der Waals surface area contributed by atoms with E-state index in [4.69, 9.17) is 16.7 Å². The van der Waals surface area contributed by atoms with Gasteiger partial charge in [0.1, 0.15) is 6.04 Å². The number of hydrogen-bond acceptors (Lipinski definition) is 2. The van der Waals surface area contributed by atoms with Gasteiger partial charge < -0.3 is 10.4 Å². The van der Waals surface area contributed by atoms with Gasteiger partial charge in [0.15, 0.2) is 0 Å². The smallest absolute Gasteiger partial charge is 0.326 e. The van der Waals surface area contributed by atoms with E-state index in [0.717, 1.165) is 0 Å². The van der Waals surface area contributed by atoms with Crippen molar-refractivity contribution in [2.75, 3.05) is 0 Å². The molecule has 2 atom stereocenters. The number of carbonyl (C=O) groups excluding carboxylic acids is 1. The molecule has 1 rings (SSSR count). The first-order valence-electron chi connectivity index (χ1n) is 6.21. The standard InChI is InChI=1S/C14H18ClNO3/c1-3-9(2)13(14(18)19)16-12(17)8-10-6-4-5-7-11(10)15/h4-7,9,13H,3,8H2,1-2H3,(H,16,17)(H,18,19). The zero-order valence-corrected chi connectivity index (χ0v) is 11.8. The lowest BCUT2D eigenvalue weighted by Crippen LogP contribution is -2.45. The number of carboxylic acids is 1. The third kappa shape index (κ3) is 4.56. The summed E-state index contributed by atoms with van der Waals surface area (Å²) in [4.78, 5) is 23.0. The highest BCUT2D eigenvalue weighted by atomic mass is 35.5. The molecule has 0 aliphatic rings. The van der Waals surface area contributed by atoms with Crippen molar-refractivity contribution in [1.29, 1.82) is 0 Å². The lowest BCUT2D eigenvalue weighted by molar-refractivity contribution is -0.143. The highest BCUT2D eigenvalue weighted by molar-refractivity contribution is 6.31. The Hall–Kier alpha value is -1.55. The van der Waals surface area contributed by atoms with Crippen LogP contribution in [0.15, 0.2) is 24.3 Å². The molecule has 0 aliphatic heterocycles. The molecule has 1 aromatic rings. The van der Waals surface area contributed by atoms with Crippen molar-refractivity contribution < 1.29 is 14.7 Å². The van der Waals surface area contributed by atoms with Crippen molar-refractivity contribution >= 4 is 23.5 Å². The molecule has 0 spiro atoms. The number of hydrogen-bond donors (Lipinski definition) is 2. The van der Waals surface area contributed by atoms with E-state index < -0.39 is 12.0 Å². The Bertz CT molecular complexity index is 462. The van der Waals surface area contributed by atoms with Crippen LogP contribution in [0.2, 0.25) is 5.02 Å². The number of benzene rings is 1. The number of amides is 1. The summed E-state index contributed by atoms with van der Waals surface area (Å²) in [6, 6.07) is 6.16. The van der Waals surface area contributed by atoms with Crippen LogP contribution >= 0.6 is 11.6 Å². The number of rotatable bonds is 6. The maximum Gasteiger partial charge on any atom is 0.326 e. The molecule has 0 radical (unpaired) electrons. The third-order valence-corrected chi connectivity index (χ3v) is 3.47. The Labute approximate surface area is 117 Å². The summed E-state index contributed by atoms with van der Waals surface area (Å²) in [5, 5.41) is 12.2. The number of carboxylic acid groups (broad SMARTS) is 1. The van der Waals surface area contributed by atoms with Crippen LogP contribution in [0.25, 0.3) is 0 Å². The molecule has 4 nitrogen and oxygen atoms in total. The van der Waals surface area contributed by atoms with Crippen molar-refractivity contribution in [2.45, 2.75) is 32.7 Å². The minimum absolute atomic E-state index is 0.0832. The second-order valence-corrected chi connectivity index (χ2v) is 4.94. The van der Waals surface area contributed by atoms with Gasteiger partial charge in [0.2, 0.25) is 5.91 Å². The molecule has 0 aromatic heterocycles. The fourth-order valence-corrected chi connectivity index (χ4v) is 1.92. The molecule has 0 bridgehead atoms. The molecule has 1 amide bonds. The molecule has 5 heteroatoms. The van der Waals surface area contributed by atoms with Gasteiger partial charge in [0.25, 0.3) is 0 Å². The number of nitrogens with one attached hydrogen (secondary N) is 1. The predicted octanol–water partition coefficient (Wildman–Crippen LogP) is 2.50. The van der Waals surface area contributed by atoms with E-state index >= 15 is 0 Å². The van der Waals surface area contributed by atoms with Crippen molar-refractivity contribution in [3.05, 3.63) is 34.9 Å². The molecular formula is C14H18ClNO3. The molecule has 0 saturated heterocycles. The van der Waals surface area contributed by atoms with Crippen molar-refractivity contribution in [2.24, 2.45) is 5.92 Å². The van der Waals surface area contributed by atoms with Crippen molar-refractivity contribution in [3.8, 4) is 0 Å². The normalized spacial score (nSPS) is 13.6. The number of carbonyl (C=O) groups is 2. The van der Waals surface area contributed by atoms with Crippen molar-refractivity contribution in [1.82, 2.24) is 5.32 Å². The second kappa shape index (κ2) is 7.14. The monoisotopic (exact) mass is 283 g/mol. The molecule has 0 saturated carbocycles. The SMILES string of the molecule is CCC(C)C(NC(=O)Cc1ccccc1Cl)C(=O)O. The minimum atomic E-state index is -1.01. The van der Waals surface area contributed by atoms with Gasteiger partial charge in [0.05, 0.1) is 6.42 Å². The van der Waals surface area contributed by atoms with Crippen LogP contribution in [0.3, 0.4) is 0 Å². The Kier molecular flexibility index (Phi) is 5.83. The second-order valence-electron chi connectivity index (χ2n) is 4.54. The first-order chi connectivity index (χ1) is 8.95. The largest absolute Gasteiger partial charge is 0.480 e. The van der Waals surface area contributed by atoms with Crippen LogP contribution in [0.5, 0.6) is 0 Å². The van der Waals surface area contributed by atoms with Crippen LogP contribution < -0.4 is 5.32 Å². The van der Waals surface area contributed by atoms with E-state index in [9.17, 15) is 9.59 Å². The highest BCUT2D eigenvalue weighted by Crippen LogP contribution is 2.16. The van der Waals surface area contributed by atoms with Gasteiger partial charge in [-0.3, -0.25) is 4.79 Å². The molecule has 2 unspecified atom stereocenters. The third-order valence-electron chi connectivity index (χ3n) is 3.10. The number of halogens is 1. The highest BCUT2D eigenvalue weighted by Gasteiger charge is 2.25. The molecule has 19 heavy (non-hydrogen) atoms. The maximum atomic E-state index is 11.9. The first-order valence-corrected chi connectivity index (χ1v) is 6.59. The summed E-state index contributed by atoms with van der Waals surface area (Å²) in [5.41, 5.74) is 0.690. The van der Waals surface area contributed by atoms with Gasteiger partial charge in [-0.1, -0.05) is 50.1 Å². The van der Waals surface area contributed by atoms with Crippen LogP contribution in [-0.2, 0) is 16.0 Å². The average molecular weight is 284 g/mol. The maximum absolute atomic E-state index is 11.9. The predicted molar refractivity (Wildman–Crippen MR) is 74.2 cm³/mol. The zero-order chi connectivity index (χ0) is 14.4. The Balaban J connectivity index is 2.68. The van der Waals surface area contributed by atoms with E-state index in [2.05, 4.69) is 5.32 Å². The summed E-state index contributed by atoms with van der Waals surface area (Å²) in [7, 11) is 0. The fourth-order valence-electron chi connectivity index (χ4n) is 1.72. The van der Waals surface area contributed by atoms with Crippen LogP contribution in [0.1, 0.15) is 25.8 Å². The van der Waals surface area contributed by atoms with Gasteiger partial charge in [-0.2, -0.15) is 0 Å². The van der Waals surface area contributed by atoms with Crippen LogP contribution in [-0.4, -0.2) is 23.0 Å². The Morgan fingerprint density at radius 1 is 1.37 bits per heavy atom. The zero-order valence-electron chi connectivity index (χ0n) is 11.0. The molecular weight excluding hydrogens is 266 g/mol. The first kappa shape index (κ1) is 15.5. The van der Waals surface area contributed by atoms with E-state index in [1.54, 1.807) is 31.2 Å². The van der Waals surface area contributed by atoms with Crippen molar-refractivity contribution in [3.63, 3.8) is 0 Å². The minimum Gasteiger partial charge on any atom is -0.480 e. The molecule has 104 valence electrons. The summed E-state index contributed by atoms with van der Waals surface area (Å²) < 4.78 is 0. The van der Waals surface area contributed by atoms with E-state index in [1.165, 1.54) is 0 Å². The Morgan fingerprint density at radius 3 is 2.53 bits per heavy atom. The lowest BCUT2D eigenvalue weighted by Gasteiger charge is -2.20. The van der Waals surface area contributed by atoms with E-state index in [0.29, 0.717) is 17.0 Å².